The number of hydrogen-bond acceptors (Lipinski definition) is 2. The molecule has 1 fully saturated rings. The summed E-state index contributed by atoms with van der Waals surface area (Å²) in [4.78, 5) is 11.7. The monoisotopic (exact) mass is 246 g/mol. The van der Waals surface area contributed by atoms with Gasteiger partial charge in [0.1, 0.15) is 5.75 Å². The molecule has 0 bridgehead atoms. The minimum absolute atomic E-state index is 0.0282. The Bertz CT molecular complexity index is 388. The lowest BCUT2D eigenvalue weighted by molar-refractivity contribution is -0.138. The maximum atomic E-state index is 11.7. The first-order valence-corrected chi connectivity index (χ1v) is 7.02. The second kappa shape index (κ2) is 6.03. The highest BCUT2D eigenvalue weighted by atomic mass is 16.5. The van der Waals surface area contributed by atoms with E-state index in [9.17, 15) is 4.79 Å². The fourth-order valence-corrected chi connectivity index (χ4v) is 2.45. The molecule has 1 aromatic carbocycles. The summed E-state index contributed by atoms with van der Waals surface area (Å²) in [6, 6.07) is 8.06. The van der Waals surface area contributed by atoms with Crippen molar-refractivity contribution in [1.29, 1.82) is 0 Å². The van der Waals surface area contributed by atoms with Crippen LogP contribution >= 0.6 is 0 Å². The van der Waals surface area contributed by atoms with E-state index in [1.807, 2.05) is 26.0 Å². The molecule has 0 amide bonds. The fourth-order valence-electron chi connectivity index (χ4n) is 2.45. The summed E-state index contributed by atoms with van der Waals surface area (Å²) in [7, 11) is 0. The van der Waals surface area contributed by atoms with E-state index in [1.54, 1.807) is 0 Å². The topological polar surface area (TPSA) is 26.3 Å². The highest BCUT2D eigenvalue weighted by molar-refractivity contribution is 5.74. The van der Waals surface area contributed by atoms with Gasteiger partial charge in [0.25, 0.3) is 0 Å². The fraction of sp³-hybridized carbons (Fsp3) is 0.562. The molecule has 0 radical (unpaired) electrons. The largest absolute Gasteiger partial charge is 0.426 e. The van der Waals surface area contributed by atoms with Gasteiger partial charge >= 0.3 is 5.97 Å². The molecule has 0 spiro atoms. The molecular weight excluding hydrogens is 224 g/mol. The van der Waals surface area contributed by atoms with Crippen LogP contribution in [0.3, 0.4) is 0 Å². The van der Waals surface area contributed by atoms with E-state index in [-0.39, 0.29) is 11.9 Å². The Hall–Kier alpha value is -1.31. The van der Waals surface area contributed by atoms with E-state index in [0.717, 1.165) is 6.42 Å². The van der Waals surface area contributed by atoms with E-state index < -0.39 is 0 Å². The van der Waals surface area contributed by atoms with Crippen molar-refractivity contribution < 1.29 is 9.53 Å². The first-order valence-electron chi connectivity index (χ1n) is 7.02. The van der Waals surface area contributed by atoms with E-state index in [4.69, 9.17) is 4.74 Å². The molecule has 2 nitrogen and oxygen atoms in total. The molecule has 98 valence electrons. The van der Waals surface area contributed by atoms with Crippen molar-refractivity contribution in [3.05, 3.63) is 29.8 Å². The highest BCUT2D eigenvalue weighted by Gasteiger charge is 2.17. The summed E-state index contributed by atoms with van der Waals surface area (Å²) in [6.07, 6.45) is 6.10. The molecule has 1 atom stereocenters. The molecule has 0 heterocycles. The SMILES string of the molecule is CCC(C)C(=O)Oc1ccc(C2CCCC2)cc1. The number of carbonyl (C=O) groups excluding carboxylic acids is 1. The van der Waals surface area contributed by atoms with E-state index in [0.29, 0.717) is 11.7 Å². The van der Waals surface area contributed by atoms with Gasteiger partial charge < -0.3 is 4.74 Å². The zero-order chi connectivity index (χ0) is 13.0. The van der Waals surface area contributed by atoms with Crippen LogP contribution in [0.5, 0.6) is 5.75 Å². The normalized spacial score (nSPS) is 17.7. The number of ether oxygens (including phenoxy) is 1. The van der Waals surface area contributed by atoms with Crippen molar-refractivity contribution in [3.8, 4) is 5.75 Å². The minimum atomic E-state index is -0.133. The molecule has 2 rings (SSSR count). The highest BCUT2D eigenvalue weighted by Crippen LogP contribution is 2.34. The molecule has 18 heavy (non-hydrogen) atoms. The van der Waals surface area contributed by atoms with Crippen LogP contribution in [0.15, 0.2) is 24.3 Å². The first-order chi connectivity index (χ1) is 8.70. The van der Waals surface area contributed by atoms with Crippen molar-refractivity contribution in [1.82, 2.24) is 0 Å². The predicted octanol–water partition coefficient (Wildman–Crippen LogP) is 4.30. The van der Waals surface area contributed by atoms with Crippen LogP contribution in [0, 0.1) is 5.92 Å². The molecule has 1 aliphatic carbocycles. The molecule has 0 N–H and O–H groups in total. The predicted molar refractivity (Wildman–Crippen MR) is 72.7 cm³/mol. The molecule has 1 unspecified atom stereocenters. The second-order valence-corrected chi connectivity index (χ2v) is 5.28. The van der Waals surface area contributed by atoms with Gasteiger partial charge in [0.2, 0.25) is 0 Å². The molecule has 0 aromatic heterocycles. The zero-order valence-electron chi connectivity index (χ0n) is 11.3. The van der Waals surface area contributed by atoms with Gasteiger partial charge in [-0.2, -0.15) is 0 Å². The summed E-state index contributed by atoms with van der Waals surface area (Å²) in [5.74, 6) is 1.22. The van der Waals surface area contributed by atoms with Crippen molar-refractivity contribution in [3.63, 3.8) is 0 Å². The summed E-state index contributed by atoms with van der Waals surface area (Å²) in [5.41, 5.74) is 1.39. The van der Waals surface area contributed by atoms with Crippen molar-refractivity contribution in [2.75, 3.05) is 0 Å². The van der Waals surface area contributed by atoms with Crippen LogP contribution in [-0.4, -0.2) is 5.97 Å². The number of esters is 1. The summed E-state index contributed by atoms with van der Waals surface area (Å²) in [5, 5.41) is 0. The first kappa shape index (κ1) is 13.1. The molecule has 1 aromatic rings. The van der Waals surface area contributed by atoms with Crippen molar-refractivity contribution >= 4 is 5.97 Å². The van der Waals surface area contributed by atoms with E-state index in [2.05, 4.69) is 12.1 Å². The van der Waals surface area contributed by atoms with Gasteiger partial charge in [0.05, 0.1) is 5.92 Å². The Balaban J connectivity index is 1.97. The number of rotatable bonds is 4. The molecule has 2 heteroatoms. The Morgan fingerprint density at radius 3 is 2.44 bits per heavy atom. The van der Waals surface area contributed by atoms with Crippen molar-refractivity contribution in [2.45, 2.75) is 51.9 Å². The summed E-state index contributed by atoms with van der Waals surface area (Å²) < 4.78 is 5.35. The average Bonchev–Trinajstić information content (AvgIpc) is 2.92. The maximum absolute atomic E-state index is 11.7. The lowest BCUT2D eigenvalue weighted by Gasteiger charge is -2.12. The Kier molecular flexibility index (Phi) is 4.40. The number of carbonyl (C=O) groups is 1. The van der Waals surface area contributed by atoms with Crippen LogP contribution in [-0.2, 0) is 4.79 Å². The number of hydrogen-bond donors (Lipinski definition) is 0. The molecule has 1 saturated carbocycles. The van der Waals surface area contributed by atoms with Gasteiger partial charge in [-0.1, -0.05) is 38.8 Å². The minimum Gasteiger partial charge on any atom is -0.426 e. The lowest BCUT2D eigenvalue weighted by atomic mass is 9.98. The average molecular weight is 246 g/mol. The zero-order valence-corrected chi connectivity index (χ0v) is 11.3. The van der Waals surface area contributed by atoms with Crippen LogP contribution in [0.1, 0.15) is 57.4 Å². The molecule has 0 aliphatic heterocycles. The van der Waals surface area contributed by atoms with Crippen LogP contribution in [0.2, 0.25) is 0 Å². The Morgan fingerprint density at radius 2 is 1.89 bits per heavy atom. The smallest absolute Gasteiger partial charge is 0.314 e. The van der Waals surface area contributed by atoms with Gasteiger partial charge in [-0.25, -0.2) is 0 Å². The van der Waals surface area contributed by atoms with Crippen LogP contribution in [0.4, 0.5) is 0 Å². The van der Waals surface area contributed by atoms with E-state index >= 15 is 0 Å². The molecule has 1 aliphatic rings. The summed E-state index contributed by atoms with van der Waals surface area (Å²) in [6.45, 7) is 3.89. The van der Waals surface area contributed by atoms with Gasteiger partial charge in [0, 0.05) is 0 Å². The third-order valence-corrected chi connectivity index (χ3v) is 3.94. The van der Waals surface area contributed by atoms with Crippen molar-refractivity contribution in [2.24, 2.45) is 5.92 Å². The van der Waals surface area contributed by atoms with Gasteiger partial charge in [-0.05, 0) is 42.9 Å². The molecule has 0 saturated heterocycles. The van der Waals surface area contributed by atoms with E-state index in [1.165, 1.54) is 31.2 Å². The van der Waals surface area contributed by atoms with Gasteiger partial charge in [0.15, 0.2) is 0 Å². The van der Waals surface area contributed by atoms with Gasteiger partial charge in [-0.15, -0.1) is 0 Å². The standard InChI is InChI=1S/C16H22O2/c1-3-12(2)16(17)18-15-10-8-14(9-11-15)13-6-4-5-7-13/h8-13H,3-7H2,1-2H3. The third-order valence-electron chi connectivity index (χ3n) is 3.94. The number of benzene rings is 1. The maximum Gasteiger partial charge on any atom is 0.314 e. The van der Waals surface area contributed by atoms with Crippen LogP contribution < -0.4 is 4.74 Å². The Labute approximate surface area is 109 Å². The third kappa shape index (κ3) is 3.12. The lowest BCUT2D eigenvalue weighted by Crippen LogP contribution is -2.16. The van der Waals surface area contributed by atoms with Gasteiger partial charge in [-0.3, -0.25) is 4.79 Å². The molecular formula is C16H22O2. The second-order valence-electron chi connectivity index (χ2n) is 5.28. The summed E-state index contributed by atoms with van der Waals surface area (Å²) >= 11 is 0. The van der Waals surface area contributed by atoms with Crippen LogP contribution in [0.25, 0.3) is 0 Å². The Morgan fingerprint density at radius 1 is 1.28 bits per heavy atom. The quantitative estimate of drug-likeness (QED) is 0.585.